The first-order valence-corrected chi connectivity index (χ1v) is 9.54. The van der Waals surface area contributed by atoms with Crippen molar-refractivity contribution < 1.29 is 13.2 Å². The van der Waals surface area contributed by atoms with E-state index in [1.54, 1.807) is 18.4 Å². The van der Waals surface area contributed by atoms with Crippen LogP contribution in [-0.4, -0.2) is 10.2 Å². The molecule has 4 nitrogen and oxygen atoms in total. The number of benzene rings is 2. The normalized spacial score (nSPS) is 12.2. The van der Waals surface area contributed by atoms with Crippen LogP contribution in [0.25, 0.3) is 0 Å². The molecule has 0 spiro atoms. The molecule has 2 aromatic carbocycles. The van der Waals surface area contributed by atoms with Crippen LogP contribution in [0.5, 0.6) is 0 Å². The molecular formula is C21H17FN2O2S. The van der Waals surface area contributed by atoms with Crippen LogP contribution in [0.2, 0.25) is 0 Å². The van der Waals surface area contributed by atoms with Crippen molar-refractivity contribution in [2.75, 3.05) is 0 Å². The minimum Gasteiger partial charge on any atom is -0.469 e. The van der Waals surface area contributed by atoms with Gasteiger partial charge < -0.3 is 8.83 Å². The molecule has 1 atom stereocenters. The summed E-state index contributed by atoms with van der Waals surface area (Å²) in [6.45, 7) is 0. The molecule has 0 N–H and O–H groups in total. The van der Waals surface area contributed by atoms with E-state index in [2.05, 4.69) is 22.3 Å². The van der Waals surface area contributed by atoms with E-state index >= 15 is 0 Å². The number of hydrogen-bond acceptors (Lipinski definition) is 5. The second-order valence-electron chi connectivity index (χ2n) is 6.06. The Balaban J connectivity index is 1.48. The van der Waals surface area contributed by atoms with E-state index in [1.807, 2.05) is 30.3 Å². The highest BCUT2D eigenvalue weighted by Gasteiger charge is 2.21. The molecule has 0 aliphatic carbocycles. The van der Waals surface area contributed by atoms with Gasteiger partial charge in [0.2, 0.25) is 5.89 Å². The van der Waals surface area contributed by atoms with E-state index in [4.69, 9.17) is 8.83 Å². The van der Waals surface area contributed by atoms with Gasteiger partial charge in [0.1, 0.15) is 11.6 Å². The van der Waals surface area contributed by atoms with Gasteiger partial charge >= 0.3 is 0 Å². The minimum absolute atomic E-state index is 0.118. The Labute approximate surface area is 160 Å². The molecule has 27 heavy (non-hydrogen) atoms. The number of halogens is 1. The molecule has 0 aliphatic heterocycles. The van der Waals surface area contributed by atoms with E-state index < -0.39 is 0 Å². The first-order valence-electron chi connectivity index (χ1n) is 8.56. The number of rotatable bonds is 7. The fourth-order valence-corrected chi connectivity index (χ4v) is 3.58. The molecule has 0 aliphatic rings. The fourth-order valence-electron chi connectivity index (χ4n) is 2.84. The highest BCUT2D eigenvalue weighted by Crippen LogP contribution is 2.30. The number of thioether (sulfide) groups is 1. The van der Waals surface area contributed by atoms with Crippen molar-refractivity contribution in [1.82, 2.24) is 10.2 Å². The quantitative estimate of drug-likeness (QED) is 0.398. The van der Waals surface area contributed by atoms with Crippen molar-refractivity contribution in [2.24, 2.45) is 0 Å². The number of hydrogen-bond donors (Lipinski definition) is 0. The Morgan fingerprint density at radius 1 is 0.926 bits per heavy atom. The highest BCUT2D eigenvalue weighted by molar-refractivity contribution is 7.98. The second-order valence-corrected chi connectivity index (χ2v) is 6.99. The number of aromatic nitrogens is 2. The van der Waals surface area contributed by atoms with Gasteiger partial charge in [0.15, 0.2) is 0 Å². The molecule has 0 fully saturated rings. The summed E-state index contributed by atoms with van der Waals surface area (Å²) in [6, 6.07) is 20.3. The zero-order chi connectivity index (χ0) is 18.5. The van der Waals surface area contributed by atoms with Gasteiger partial charge in [0.05, 0.1) is 12.2 Å². The summed E-state index contributed by atoms with van der Waals surface area (Å²) >= 11 is 1.50. The molecule has 0 saturated carbocycles. The maximum atomic E-state index is 13.3. The van der Waals surface area contributed by atoms with Crippen LogP contribution in [-0.2, 0) is 12.2 Å². The van der Waals surface area contributed by atoms with Gasteiger partial charge in [-0.3, -0.25) is 0 Å². The molecule has 0 bridgehead atoms. The molecule has 6 heteroatoms. The van der Waals surface area contributed by atoms with Crippen LogP contribution in [0.4, 0.5) is 4.39 Å². The van der Waals surface area contributed by atoms with Crippen LogP contribution in [0.1, 0.15) is 28.7 Å². The SMILES string of the molecule is Fc1ccc([C@H](Cc2nnc(SCc3ccccc3)o2)c2ccco2)cc1. The van der Waals surface area contributed by atoms with Gasteiger partial charge in [0, 0.05) is 12.2 Å². The van der Waals surface area contributed by atoms with Gasteiger partial charge in [-0.15, -0.1) is 10.2 Å². The maximum Gasteiger partial charge on any atom is 0.276 e. The molecule has 4 aromatic rings. The molecule has 4 rings (SSSR count). The third-order valence-corrected chi connectivity index (χ3v) is 5.08. The van der Waals surface area contributed by atoms with Crippen LogP contribution >= 0.6 is 11.8 Å². The molecule has 2 heterocycles. The smallest absolute Gasteiger partial charge is 0.276 e. The van der Waals surface area contributed by atoms with Crippen LogP contribution < -0.4 is 0 Å². The van der Waals surface area contributed by atoms with Gasteiger partial charge in [-0.1, -0.05) is 54.2 Å². The molecular weight excluding hydrogens is 363 g/mol. The predicted octanol–water partition coefficient (Wildman–Crippen LogP) is 5.47. The molecule has 0 radical (unpaired) electrons. The monoisotopic (exact) mass is 380 g/mol. The van der Waals surface area contributed by atoms with Crippen LogP contribution in [0.15, 0.2) is 87.1 Å². The lowest BCUT2D eigenvalue weighted by molar-refractivity contribution is 0.395. The lowest BCUT2D eigenvalue weighted by Crippen LogP contribution is -2.04. The molecule has 0 saturated heterocycles. The second kappa shape index (κ2) is 8.22. The summed E-state index contributed by atoms with van der Waals surface area (Å²) in [6.07, 6.45) is 2.11. The molecule has 136 valence electrons. The standard InChI is InChI=1S/C21H17FN2O2S/c22-17-10-8-16(9-11-17)18(19-7-4-12-25-19)13-20-23-24-21(26-20)27-14-15-5-2-1-3-6-15/h1-12,18H,13-14H2/t18-/m0/s1. The number of furan rings is 1. The predicted molar refractivity (Wildman–Crippen MR) is 101 cm³/mol. The minimum atomic E-state index is -0.269. The van der Waals surface area contributed by atoms with Gasteiger partial charge in [-0.2, -0.15) is 0 Å². The highest BCUT2D eigenvalue weighted by atomic mass is 32.2. The summed E-state index contributed by atoms with van der Waals surface area (Å²) in [7, 11) is 0. The lowest BCUT2D eigenvalue weighted by atomic mass is 9.93. The first-order chi connectivity index (χ1) is 13.3. The average molecular weight is 380 g/mol. The summed E-state index contributed by atoms with van der Waals surface area (Å²) in [5, 5.41) is 8.83. The van der Waals surface area contributed by atoms with Gasteiger partial charge in [-0.05, 0) is 35.4 Å². The average Bonchev–Trinajstić information content (AvgIpc) is 3.38. The largest absolute Gasteiger partial charge is 0.469 e. The molecule has 0 amide bonds. The van der Waals surface area contributed by atoms with E-state index in [0.29, 0.717) is 17.5 Å². The van der Waals surface area contributed by atoms with Gasteiger partial charge in [-0.25, -0.2) is 4.39 Å². The zero-order valence-corrected chi connectivity index (χ0v) is 15.2. The van der Waals surface area contributed by atoms with Crippen molar-refractivity contribution in [1.29, 1.82) is 0 Å². The fraction of sp³-hybridized carbons (Fsp3) is 0.143. The third-order valence-electron chi connectivity index (χ3n) is 4.19. The first kappa shape index (κ1) is 17.5. The van der Waals surface area contributed by atoms with E-state index in [-0.39, 0.29) is 11.7 Å². The Kier molecular flexibility index (Phi) is 5.34. The topological polar surface area (TPSA) is 52.1 Å². The number of nitrogens with zero attached hydrogens (tertiary/aromatic N) is 2. The van der Waals surface area contributed by atoms with E-state index in [1.165, 1.54) is 29.5 Å². The molecule has 0 unspecified atom stereocenters. The van der Waals surface area contributed by atoms with Crippen molar-refractivity contribution in [3.63, 3.8) is 0 Å². The Hall–Kier alpha value is -2.86. The van der Waals surface area contributed by atoms with E-state index in [9.17, 15) is 4.39 Å². The lowest BCUT2D eigenvalue weighted by Gasteiger charge is -2.13. The van der Waals surface area contributed by atoms with Crippen molar-refractivity contribution in [2.45, 2.75) is 23.3 Å². The van der Waals surface area contributed by atoms with Crippen molar-refractivity contribution in [3.05, 3.63) is 102 Å². The van der Waals surface area contributed by atoms with E-state index in [0.717, 1.165) is 17.1 Å². The summed E-state index contributed by atoms with van der Waals surface area (Å²) in [5.41, 5.74) is 2.13. The van der Waals surface area contributed by atoms with Crippen molar-refractivity contribution in [3.8, 4) is 0 Å². The summed E-state index contributed by atoms with van der Waals surface area (Å²) in [4.78, 5) is 0. The van der Waals surface area contributed by atoms with Gasteiger partial charge in [0.25, 0.3) is 5.22 Å². The van der Waals surface area contributed by atoms with Crippen molar-refractivity contribution >= 4 is 11.8 Å². The Morgan fingerprint density at radius 3 is 2.48 bits per heavy atom. The third kappa shape index (κ3) is 4.46. The van der Waals surface area contributed by atoms with Crippen LogP contribution in [0, 0.1) is 5.82 Å². The zero-order valence-electron chi connectivity index (χ0n) is 14.4. The maximum absolute atomic E-state index is 13.3. The summed E-state index contributed by atoms with van der Waals surface area (Å²) < 4.78 is 24.7. The Bertz CT molecular complexity index is 969. The summed E-state index contributed by atoms with van der Waals surface area (Å²) in [5.74, 6) is 1.68. The van der Waals surface area contributed by atoms with Crippen LogP contribution in [0.3, 0.4) is 0 Å². The Morgan fingerprint density at radius 2 is 1.74 bits per heavy atom. The molecule has 2 aromatic heterocycles.